The number of hydrogen-bond acceptors (Lipinski definition) is 1. The molecular formula is C18H20O. The molecule has 1 N–H and O–H groups in total. The minimum absolute atomic E-state index is 0.441. The fourth-order valence-corrected chi connectivity index (χ4v) is 3.09. The summed E-state index contributed by atoms with van der Waals surface area (Å²) < 4.78 is 0. The zero-order chi connectivity index (χ0) is 13.2. The smallest absolute Gasteiger partial charge is 0.106 e. The first-order valence-electron chi connectivity index (χ1n) is 7.22. The summed E-state index contributed by atoms with van der Waals surface area (Å²) >= 11 is 0. The van der Waals surface area contributed by atoms with Gasteiger partial charge in [0.1, 0.15) is 6.10 Å². The first-order valence-corrected chi connectivity index (χ1v) is 7.22. The highest BCUT2D eigenvalue weighted by molar-refractivity contribution is 5.79. The standard InChI is InChI=1S/C18H20O/c1-2-3-4-8-13-9-7-12-15-14-10-5-6-11-16(14)18(19)17(13)15/h5-7,9-12,18-19H,2-4,8H2,1H3. The Balaban J connectivity index is 2.01. The van der Waals surface area contributed by atoms with Crippen LogP contribution in [0.4, 0.5) is 0 Å². The van der Waals surface area contributed by atoms with Crippen molar-refractivity contribution in [2.24, 2.45) is 0 Å². The SMILES string of the molecule is CCCCCc1cccc2c1C(O)c1ccccc1-2. The molecule has 0 spiro atoms. The van der Waals surface area contributed by atoms with Gasteiger partial charge in [0.05, 0.1) is 0 Å². The molecule has 1 heteroatoms. The van der Waals surface area contributed by atoms with Crippen LogP contribution < -0.4 is 0 Å². The summed E-state index contributed by atoms with van der Waals surface area (Å²) in [6.07, 6.45) is 4.33. The summed E-state index contributed by atoms with van der Waals surface area (Å²) in [4.78, 5) is 0. The van der Waals surface area contributed by atoms with Crippen molar-refractivity contribution in [3.05, 3.63) is 59.2 Å². The first-order chi connectivity index (χ1) is 9.33. The number of aliphatic hydroxyl groups excluding tert-OH is 1. The second kappa shape index (κ2) is 5.18. The molecule has 0 radical (unpaired) electrons. The van der Waals surface area contributed by atoms with Crippen LogP contribution in [0.2, 0.25) is 0 Å². The summed E-state index contributed by atoms with van der Waals surface area (Å²) in [6, 6.07) is 14.6. The zero-order valence-corrected chi connectivity index (χ0v) is 11.4. The Labute approximate surface area is 114 Å². The summed E-state index contributed by atoms with van der Waals surface area (Å²) in [7, 11) is 0. The maximum absolute atomic E-state index is 10.6. The molecule has 0 fully saturated rings. The molecule has 98 valence electrons. The van der Waals surface area contributed by atoms with E-state index in [1.165, 1.54) is 36.0 Å². The number of unbranched alkanes of at least 4 members (excludes halogenated alkanes) is 2. The Kier molecular flexibility index (Phi) is 3.39. The molecule has 19 heavy (non-hydrogen) atoms. The summed E-state index contributed by atoms with van der Waals surface area (Å²) in [5.41, 5.74) is 5.93. The molecule has 0 heterocycles. The predicted octanol–water partition coefficient (Wildman–Crippen LogP) is 4.48. The van der Waals surface area contributed by atoms with E-state index in [9.17, 15) is 5.11 Å². The molecule has 1 aliphatic rings. The van der Waals surface area contributed by atoms with Gasteiger partial charge in [0.15, 0.2) is 0 Å². The minimum Gasteiger partial charge on any atom is -0.384 e. The van der Waals surface area contributed by atoms with Crippen LogP contribution in [0.3, 0.4) is 0 Å². The maximum Gasteiger partial charge on any atom is 0.106 e. The highest BCUT2D eigenvalue weighted by atomic mass is 16.3. The third-order valence-corrected chi connectivity index (χ3v) is 4.07. The first kappa shape index (κ1) is 12.4. The average molecular weight is 252 g/mol. The van der Waals surface area contributed by atoms with Crippen LogP contribution in [0.5, 0.6) is 0 Å². The molecule has 2 aromatic carbocycles. The lowest BCUT2D eigenvalue weighted by atomic mass is 9.96. The third kappa shape index (κ3) is 2.08. The second-order valence-corrected chi connectivity index (χ2v) is 5.33. The Bertz CT molecular complexity index is 586. The summed E-state index contributed by atoms with van der Waals surface area (Å²) in [6.45, 7) is 2.22. The van der Waals surface area contributed by atoms with Crippen LogP contribution in [-0.4, -0.2) is 5.11 Å². The van der Waals surface area contributed by atoms with Crippen LogP contribution in [0.15, 0.2) is 42.5 Å². The fraction of sp³-hybridized carbons (Fsp3) is 0.333. The van der Waals surface area contributed by atoms with Gasteiger partial charge in [-0.25, -0.2) is 0 Å². The Morgan fingerprint density at radius 3 is 2.58 bits per heavy atom. The van der Waals surface area contributed by atoms with Crippen LogP contribution in [-0.2, 0) is 6.42 Å². The molecule has 1 atom stereocenters. The van der Waals surface area contributed by atoms with E-state index in [0.717, 1.165) is 17.5 Å². The Hall–Kier alpha value is -1.60. The van der Waals surface area contributed by atoms with Crippen molar-refractivity contribution in [1.29, 1.82) is 0 Å². The van der Waals surface area contributed by atoms with Gasteiger partial charge in [-0.3, -0.25) is 0 Å². The third-order valence-electron chi connectivity index (χ3n) is 4.07. The Morgan fingerprint density at radius 1 is 0.947 bits per heavy atom. The van der Waals surface area contributed by atoms with E-state index < -0.39 is 6.10 Å². The zero-order valence-electron chi connectivity index (χ0n) is 11.4. The second-order valence-electron chi connectivity index (χ2n) is 5.33. The van der Waals surface area contributed by atoms with Crippen LogP contribution >= 0.6 is 0 Å². The molecule has 0 saturated heterocycles. The van der Waals surface area contributed by atoms with Crippen molar-refractivity contribution in [1.82, 2.24) is 0 Å². The van der Waals surface area contributed by atoms with Gasteiger partial charge in [-0.1, -0.05) is 62.2 Å². The van der Waals surface area contributed by atoms with E-state index >= 15 is 0 Å². The lowest BCUT2D eigenvalue weighted by Gasteiger charge is -2.12. The number of rotatable bonds is 4. The van der Waals surface area contributed by atoms with Crippen molar-refractivity contribution in [2.45, 2.75) is 38.7 Å². The molecule has 0 amide bonds. The molecular weight excluding hydrogens is 232 g/mol. The number of aryl methyl sites for hydroxylation is 1. The quantitative estimate of drug-likeness (QED) is 0.795. The molecule has 2 aromatic rings. The predicted molar refractivity (Wildman–Crippen MR) is 79.2 cm³/mol. The molecule has 3 rings (SSSR count). The lowest BCUT2D eigenvalue weighted by molar-refractivity contribution is 0.224. The van der Waals surface area contributed by atoms with Crippen molar-refractivity contribution < 1.29 is 5.11 Å². The van der Waals surface area contributed by atoms with Crippen LogP contribution in [0, 0.1) is 0 Å². The van der Waals surface area contributed by atoms with Gasteiger partial charge in [0.25, 0.3) is 0 Å². The van der Waals surface area contributed by atoms with Gasteiger partial charge >= 0.3 is 0 Å². The average Bonchev–Trinajstić information content (AvgIpc) is 2.74. The molecule has 1 aliphatic carbocycles. The largest absolute Gasteiger partial charge is 0.384 e. The van der Waals surface area contributed by atoms with Crippen molar-refractivity contribution in [3.63, 3.8) is 0 Å². The number of aliphatic hydroxyl groups is 1. The van der Waals surface area contributed by atoms with Crippen molar-refractivity contribution >= 4 is 0 Å². The van der Waals surface area contributed by atoms with Gasteiger partial charge in [-0.2, -0.15) is 0 Å². The Morgan fingerprint density at radius 2 is 1.74 bits per heavy atom. The topological polar surface area (TPSA) is 20.2 Å². The van der Waals surface area contributed by atoms with Gasteiger partial charge in [-0.15, -0.1) is 0 Å². The van der Waals surface area contributed by atoms with E-state index in [0.29, 0.717) is 0 Å². The van der Waals surface area contributed by atoms with E-state index in [1.807, 2.05) is 18.2 Å². The molecule has 1 nitrogen and oxygen atoms in total. The van der Waals surface area contributed by atoms with E-state index in [2.05, 4.69) is 31.2 Å². The molecule has 0 aliphatic heterocycles. The summed E-state index contributed by atoms with van der Waals surface area (Å²) in [5.74, 6) is 0. The monoisotopic (exact) mass is 252 g/mol. The van der Waals surface area contributed by atoms with Crippen molar-refractivity contribution in [3.8, 4) is 11.1 Å². The van der Waals surface area contributed by atoms with Gasteiger partial charge < -0.3 is 5.11 Å². The molecule has 1 unspecified atom stereocenters. The molecule has 0 saturated carbocycles. The fourth-order valence-electron chi connectivity index (χ4n) is 3.09. The van der Waals surface area contributed by atoms with Crippen LogP contribution in [0.1, 0.15) is 49.0 Å². The number of benzene rings is 2. The minimum atomic E-state index is -0.441. The lowest BCUT2D eigenvalue weighted by Crippen LogP contribution is -1.99. The molecule has 0 aromatic heterocycles. The van der Waals surface area contributed by atoms with E-state index in [1.54, 1.807) is 0 Å². The van der Waals surface area contributed by atoms with Crippen LogP contribution in [0.25, 0.3) is 11.1 Å². The normalized spacial score (nSPS) is 16.2. The highest BCUT2D eigenvalue weighted by Gasteiger charge is 2.28. The number of hydrogen-bond donors (Lipinski definition) is 1. The van der Waals surface area contributed by atoms with Crippen molar-refractivity contribution in [2.75, 3.05) is 0 Å². The highest BCUT2D eigenvalue weighted by Crippen LogP contribution is 2.44. The van der Waals surface area contributed by atoms with E-state index in [-0.39, 0.29) is 0 Å². The van der Waals surface area contributed by atoms with Gasteiger partial charge in [0.2, 0.25) is 0 Å². The molecule has 0 bridgehead atoms. The number of fused-ring (bicyclic) bond motifs is 3. The van der Waals surface area contributed by atoms with Gasteiger partial charge in [0, 0.05) is 0 Å². The van der Waals surface area contributed by atoms with E-state index in [4.69, 9.17) is 0 Å². The van der Waals surface area contributed by atoms with Gasteiger partial charge in [-0.05, 0) is 40.7 Å². The summed E-state index contributed by atoms with van der Waals surface area (Å²) in [5, 5.41) is 10.6. The maximum atomic E-state index is 10.6.